The normalized spacial score (nSPS) is 21.0. The maximum atomic E-state index is 12.5. The van der Waals surface area contributed by atoms with Crippen molar-refractivity contribution in [3.05, 3.63) is 45.6 Å². The molecule has 0 N–H and O–H groups in total. The number of halogens is 1. The van der Waals surface area contributed by atoms with Crippen LogP contribution in [0.4, 0.5) is 0 Å². The average Bonchev–Trinajstić information content (AvgIpc) is 2.54. The summed E-state index contributed by atoms with van der Waals surface area (Å²) in [5.41, 5.74) is 1.86. The molecule has 1 fully saturated rings. The van der Waals surface area contributed by atoms with E-state index in [2.05, 4.69) is 20.9 Å². The number of carbonyl (C=O) groups excluding carboxylic acids is 2. The van der Waals surface area contributed by atoms with Gasteiger partial charge >= 0.3 is 5.97 Å². The van der Waals surface area contributed by atoms with Gasteiger partial charge in [0.2, 0.25) is 5.91 Å². The van der Waals surface area contributed by atoms with Gasteiger partial charge in [-0.15, -0.1) is 0 Å². The minimum atomic E-state index is -0.497. The first kappa shape index (κ1) is 16.3. The van der Waals surface area contributed by atoms with Crippen LogP contribution in [0.2, 0.25) is 0 Å². The highest BCUT2D eigenvalue weighted by molar-refractivity contribution is 9.10. The Morgan fingerprint density at radius 1 is 1.39 bits per heavy atom. The molecular formula is C16H15BrN2O3S. The van der Waals surface area contributed by atoms with Crippen molar-refractivity contribution in [2.75, 3.05) is 12.9 Å². The average molecular weight is 395 g/mol. The standard InChI is InChI=1S/C16H15BrN2O3S/c1-9-13(15(21)22-2)14(10-3-5-11(17)6-4-10)19-12(20)7-8-23-16(19)18-9/h3-6,14H,7-8H2,1-2H3/t14-/m1/s1. The van der Waals surface area contributed by atoms with Gasteiger partial charge in [-0.2, -0.15) is 0 Å². The molecule has 120 valence electrons. The summed E-state index contributed by atoms with van der Waals surface area (Å²) in [6.07, 6.45) is 0.435. The Morgan fingerprint density at radius 3 is 2.74 bits per heavy atom. The molecule has 7 heteroatoms. The molecule has 0 aliphatic carbocycles. The molecule has 1 aromatic carbocycles. The van der Waals surface area contributed by atoms with Crippen LogP contribution >= 0.6 is 27.7 Å². The van der Waals surface area contributed by atoms with Gasteiger partial charge in [0.05, 0.1) is 24.4 Å². The minimum Gasteiger partial charge on any atom is -0.466 e. The van der Waals surface area contributed by atoms with Gasteiger partial charge in [0.15, 0.2) is 5.17 Å². The quantitative estimate of drug-likeness (QED) is 0.722. The first-order valence-corrected chi connectivity index (χ1v) is 8.89. The van der Waals surface area contributed by atoms with Crippen molar-refractivity contribution < 1.29 is 14.3 Å². The molecule has 0 spiro atoms. The number of methoxy groups -OCH3 is 1. The van der Waals surface area contributed by atoms with E-state index in [0.717, 1.165) is 10.0 Å². The number of hydrogen-bond acceptors (Lipinski definition) is 5. The zero-order valence-electron chi connectivity index (χ0n) is 12.7. The summed E-state index contributed by atoms with van der Waals surface area (Å²) in [7, 11) is 1.34. The zero-order valence-corrected chi connectivity index (χ0v) is 15.1. The SMILES string of the molecule is COC(=O)C1=C(C)N=C2SCCC(=O)N2[C@@H]1c1ccc(Br)cc1. The Kier molecular flexibility index (Phi) is 4.59. The van der Waals surface area contributed by atoms with Crippen molar-refractivity contribution in [1.29, 1.82) is 0 Å². The van der Waals surface area contributed by atoms with Gasteiger partial charge in [-0.25, -0.2) is 9.79 Å². The number of aliphatic imine (C=N–C) groups is 1. The minimum absolute atomic E-state index is 0.0238. The van der Waals surface area contributed by atoms with Gasteiger partial charge in [0.25, 0.3) is 0 Å². The molecule has 0 aromatic heterocycles. The Morgan fingerprint density at radius 2 is 2.09 bits per heavy atom. The fourth-order valence-corrected chi connectivity index (χ4v) is 4.00. The van der Waals surface area contributed by atoms with Crippen LogP contribution in [0.15, 0.2) is 45.0 Å². The van der Waals surface area contributed by atoms with Crippen molar-refractivity contribution in [2.24, 2.45) is 4.99 Å². The van der Waals surface area contributed by atoms with Crippen LogP contribution < -0.4 is 0 Å². The number of rotatable bonds is 2. The van der Waals surface area contributed by atoms with E-state index < -0.39 is 12.0 Å². The van der Waals surface area contributed by atoms with Crippen LogP contribution in [0.3, 0.4) is 0 Å². The van der Waals surface area contributed by atoms with Gasteiger partial charge in [-0.1, -0.05) is 39.8 Å². The van der Waals surface area contributed by atoms with Crippen LogP contribution in [0.1, 0.15) is 24.9 Å². The number of ether oxygens (including phenoxy) is 1. The maximum Gasteiger partial charge on any atom is 0.338 e. The van der Waals surface area contributed by atoms with Crippen LogP contribution in [0.5, 0.6) is 0 Å². The maximum absolute atomic E-state index is 12.5. The summed E-state index contributed by atoms with van der Waals surface area (Å²) in [5, 5.41) is 0.652. The first-order chi connectivity index (χ1) is 11.0. The number of amides is 1. The van der Waals surface area contributed by atoms with Crippen LogP contribution in [0.25, 0.3) is 0 Å². The van der Waals surface area contributed by atoms with E-state index >= 15 is 0 Å². The van der Waals surface area contributed by atoms with E-state index in [9.17, 15) is 9.59 Å². The van der Waals surface area contributed by atoms with Crippen molar-refractivity contribution in [2.45, 2.75) is 19.4 Å². The second-order valence-electron chi connectivity index (χ2n) is 5.20. The molecule has 1 saturated heterocycles. The zero-order chi connectivity index (χ0) is 16.6. The van der Waals surface area contributed by atoms with Crippen molar-refractivity contribution in [1.82, 2.24) is 4.90 Å². The number of hydrogen-bond donors (Lipinski definition) is 0. The summed E-state index contributed by atoms with van der Waals surface area (Å²) in [6.45, 7) is 1.78. The van der Waals surface area contributed by atoms with Crippen LogP contribution in [-0.2, 0) is 14.3 Å². The highest BCUT2D eigenvalue weighted by Gasteiger charge is 2.41. The number of carbonyl (C=O) groups is 2. The first-order valence-electron chi connectivity index (χ1n) is 7.11. The lowest BCUT2D eigenvalue weighted by Crippen LogP contribution is -2.45. The number of benzene rings is 1. The predicted molar refractivity (Wildman–Crippen MR) is 93.0 cm³/mol. The van der Waals surface area contributed by atoms with E-state index in [4.69, 9.17) is 4.74 Å². The van der Waals surface area contributed by atoms with Gasteiger partial charge in [0, 0.05) is 16.6 Å². The molecule has 1 aromatic rings. The van der Waals surface area contributed by atoms with E-state index in [1.165, 1.54) is 18.9 Å². The van der Waals surface area contributed by atoms with Crippen molar-refractivity contribution in [3.63, 3.8) is 0 Å². The summed E-state index contributed by atoms with van der Waals surface area (Å²) in [4.78, 5) is 30.9. The summed E-state index contributed by atoms with van der Waals surface area (Å²) >= 11 is 4.94. The highest BCUT2D eigenvalue weighted by Crippen LogP contribution is 2.40. The van der Waals surface area contributed by atoms with E-state index in [-0.39, 0.29) is 5.91 Å². The Bertz CT molecular complexity index is 727. The molecule has 0 radical (unpaired) electrons. The van der Waals surface area contributed by atoms with Crippen LogP contribution in [-0.4, -0.2) is 34.8 Å². The Balaban J connectivity index is 2.17. The van der Waals surface area contributed by atoms with Gasteiger partial charge in [-0.3, -0.25) is 9.69 Å². The molecule has 2 heterocycles. The fourth-order valence-electron chi connectivity index (χ4n) is 2.73. The van der Waals surface area contributed by atoms with E-state index in [1.807, 2.05) is 24.3 Å². The number of fused-ring (bicyclic) bond motifs is 1. The molecule has 1 atom stereocenters. The molecule has 3 rings (SSSR count). The van der Waals surface area contributed by atoms with Gasteiger partial charge < -0.3 is 4.74 Å². The smallest absolute Gasteiger partial charge is 0.338 e. The third kappa shape index (κ3) is 2.95. The summed E-state index contributed by atoms with van der Waals surface area (Å²) in [5.74, 6) is 0.230. The van der Waals surface area contributed by atoms with Gasteiger partial charge in [-0.05, 0) is 24.6 Å². The fraction of sp³-hybridized carbons (Fsp3) is 0.312. The molecule has 2 aliphatic heterocycles. The lowest BCUT2D eigenvalue weighted by Gasteiger charge is -2.38. The third-order valence-corrected chi connectivity index (χ3v) is 5.28. The number of thioether (sulfide) groups is 1. The van der Waals surface area contributed by atoms with Gasteiger partial charge in [0.1, 0.15) is 0 Å². The number of allylic oxidation sites excluding steroid dienone is 1. The molecule has 0 bridgehead atoms. The largest absolute Gasteiger partial charge is 0.466 e. The summed E-state index contributed by atoms with van der Waals surface area (Å²) in [6, 6.07) is 7.10. The van der Waals surface area contributed by atoms with E-state index in [1.54, 1.807) is 11.8 Å². The molecule has 23 heavy (non-hydrogen) atoms. The van der Waals surface area contributed by atoms with E-state index in [0.29, 0.717) is 28.6 Å². The lowest BCUT2D eigenvalue weighted by atomic mass is 9.94. The second-order valence-corrected chi connectivity index (χ2v) is 7.18. The second kappa shape index (κ2) is 6.49. The Labute approximate surface area is 146 Å². The number of esters is 1. The molecule has 1 amide bonds. The highest BCUT2D eigenvalue weighted by atomic mass is 79.9. The predicted octanol–water partition coefficient (Wildman–Crippen LogP) is 3.27. The molecule has 0 saturated carbocycles. The molecule has 0 unspecified atom stereocenters. The number of nitrogens with zero attached hydrogens (tertiary/aromatic N) is 2. The topological polar surface area (TPSA) is 59.0 Å². The van der Waals surface area contributed by atoms with Crippen molar-refractivity contribution >= 4 is 44.7 Å². The van der Waals surface area contributed by atoms with Crippen LogP contribution in [0, 0.1) is 0 Å². The Hall–Kier alpha value is -1.60. The molecule has 2 aliphatic rings. The lowest BCUT2D eigenvalue weighted by molar-refractivity contribution is -0.137. The molecular weight excluding hydrogens is 380 g/mol. The third-order valence-electron chi connectivity index (χ3n) is 3.80. The summed E-state index contributed by atoms with van der Waals surface area (Å²) < 4.78 is 5.87. The number of amidine groups is 1. The monoisotopic (exact) mass is 394 g/mol. The molecule has 5 nitrogen and oxygen atoms in total. The van der Waals surface area contributed by atoms with Crippen molar-refractivity contribution in [3.8, 4) is 0 Å².